The first-order valence-corrected chi connectivity index (χ1v) is 11.2. The Balaban J connectivity index is 1.66. The number of amidine groups is 1. The molecule has 1 aliphatic heterocycles. The molecule has 0 amide bonds. The lowest BCUT2D eigenvalue weighted by Crippen LogP contribution is -2.35. The minimum atomic E-state index is 0.784. The van der Waals surface area contributed by atoms with Crippen molar-refractivity contribution in [3.63, 3.8) is 0 Å². The molecule has 0 aliphatic carbocycles. The summed E-state index contributed by atoms with van der Waals surface area (Å²) in [6.07, 6.45) is 16.1. The van der Waals surface area contributed by atoms with E-state index in [0.717, 1.165) is 29.9 Å². The Morgan fingerprint density at radius 1 is 1.03 bits per heavy atom. The van der Waals surface area contributed by atoms with Gasteiger partial charge in [0.2, 0.25) is 0 Å². The predicted molar refractivity (Wildman–Crippen MR) is 136 cm³/mol. The molecule has 0 radical (unpaired) electrons. The summed E-state index contributed by atoms with van der Waals surface area (Å²) < 4.78 is 2.01. The summed E-state index contributed by atoms with van der Waals surface area (Å²) in [6, 6.07) is 15.1. The monoisotopic (exact) mass is 438 g/mol. The molecule has 6 heteroatoms. The van der Waals surface area contributed by atoms with E-state index in [-0.39, 0.29) is 0 Å². The molecule has 6 nitrogen and oxygen atoms in total. The number of hydrogen-bond donors (Lipinski definition) is 3. The Labute approximate surface area is 195 Å². The highest BCUT2D eigenvalue weighted by atomic mass is 15.8. The summed E-state index contributed by atoms with van der Waals surface area (Å²) in [5.74, 6) is 0.784. The van der Waals surface area contributed by atoms with Gasteiger partial charge in [-0.3, -0.25) is 5.43 Å². The van der Waals surface area contributed by atoms with E-state index in [2.05, 4.69) is 114 Å². The fourth-order valence-corrected chi connectivity index (χ4v) is 3.78. The van der Waals surface area contributed by atoms with E-state index in [0.29, 0.717) is 0 Å². The second kappa shape index (κ2) is 10.6. The van der Waals surface area contributed by atoms with Crippen molar-refractivity contribution in [1.29, 1.82) is 0 Å². The number of hydrazone groups is 1. The molecule has 0 unspecified atom stereocenters. The number of hydrazine groups is 2. The highest BCUT2D eigenvalue weighted by Crippen LogP contribution is 2.28. The molecule has 168 valence electrons. The van der Waals surface area contributed by atoms with Crippen LogP contribution in [0.2, 0.25) is 0 Å². The number of rotatable bonds is 8. The molecule has 0 saturated heterocycles. The zero-order chi connectivity index (χ0) is 23.0. The highest BCUT2D eigenvalue weighted by molar-refractivity contribution is 5.99. The lowest BCUT2D eigenvalue weighted by molar-refractivity contribution is 0.577. The van der Waals surface area contributed by atoms with Crippen LogP contribution in [0.25, 0.3) is 16.8 Å². The van der Waals surface area contributed by atoms with Crippen molar-refractivity contribution in [3.05, 3.63) is 108 Å². The minimum absolute atomic E-state index is 0.784. The number of aryl methyl sites for hydroxylation is 1. The van der Waals surface area contributed by atoms with Crippen LogP contribution >= 0.6 is 0 Å². The van der Waals surface area contributed by atoms with Crippen LogP contribution in [0, 0.1) is 0 Å². The van der Waals surface area contributed by atoms with E-state index in [1.807, 2.05) is 17.1 Å². The maximum atomic E-state index is 4.27. The van der Waals surface area contributed by atoms with Crippen LogP contribution in [0.5, 0.6) is 0 Å². The summed E-state index contributed by atoms with van der Waals surface area (Å²) in [6.45, 7) is 6.31. The largest absolute Gasteiger partial charge is 0.306 e. The molecule has 1 aliphatic rings. The summed E-state index contributed by atoms with van der Waals surface area (Å²) in [4.78, 5) is 4.14. The number of benzene rings is 2. The van der Waals surface area contributed by atoms with Crippen molar-refractivity contribution in [1.82, 2.24) is 26.0 Å². The zero-order valence-corrected chi connectivity index (χ0v) is 19.3. The smallest absolute Gasteiger partial charge is 0.170 e. The molecule has 0 fully saturated rings. The Hall–Kier alpha value is -3.90. The Morgan fingerprint density at radius 2 is 1.85 bits per heavy atom. The van der Waals surface area contributed by atoms with Crippen LogP contribution in [-0.2, 0) is 6.42 Å². The van der Waals surface area contributed by atoms with E-state index in [9.17, 15) is 0 Å². The lowest BCUT2D eigenvalue weighted by Gasteiger charge is -2.14. The summed E-state index contributed by atoms with van der Waals surface area (Å²) in [5, 5.41) is 4.27. The number of imidazole rings is 1. The molecule has 3 N–H and O–H groups in total. The minimum Gasteiger partial charge on any atom is -0.306 e. The van der Waals surface area contributed by atoms with Crippen LogP contribution in [0.3, 0.4) is 0 Å². The SMILES string of the molecule is C/C=C\C(=C/C=C(C)C)CCc1cc(C2=NNNN2)ccc1-c1ccc(-n2ccnc2)cc1. The van der Waals surface area contributed by atoms with Crippen LogP contribution in [0.1, 0.15) is 38.3 Å². The molecule has 0 spiro atoms. The van der Waals surface area contributed by atoms with Gasteiger partial charge in [0.25, 0.3) is 0 Å². The second-order valence-electron chi connectivity index (χ2n) is 8.20. The lowest BCUT2D eigenvalue weighted by atomic mass is 9.92. The van der Waals surface area contributed by atoms with Gasteiger partial charge in [-0.2, -0.15) is 0 Å². The Kier molecular flexibility index (Phi) is 7.17. The van der Waals surface area contributed by atoms with E-state index in [4.69, 9.17) is 0 Å². The number of aromatic nitrogens is 2. The standard InChI is InChI=1S/C27H30N6/c1-4-5-21(7-6-20(2)3)8-9-23-18-24(27-29-31-32-30-27)12-15-26(23)22-10-13-25(14-11-22)33-17-16-28-19-33/h4-7,10-19,31-32H,8-9H2,1-3H3,(H,29,30)/b5-4-,21-7+. The molecule has 0 atom stereocenters. The topological polar surface area (TPSA) is 66.3 Å². The summed E-state index contributed by atoms with van der Waals surface area (Å²) in [7, 11) is 0. The molecule has 3 aromatic rings. The van der Waals surface area contributed by atoms with Crippen LogP contribution < -0.4 is 16.5 Å². The van der Waals surface area contributed by atoms with Crippen LogP contribution in [0.15, 0.2) is 102 Å². The quantitative estimate of drug-likeness (QED) is 0.422. The molecule has 2 aromatic carbocycles. The van der Waals surface area contributed by atoms with Gasteiger partial charge in [-0.15, -0.1) is 10.6 Å². The molecule has 0 bridgehead atoms. The third kappa shape index (κ3) is 5.67. The third-order valence-electron chi connectivity index (χ3n) is 5.46. The number of nitrogens with one attached hydrogen (secondary N) is 3. The van der Waals surface area contributed by atoms with E-state index in [1.165, 1.54) is 27.8 Å². The Morgan fingerprint density at radius 3 is 2.52 bits per heavy atom. The van der Waals surface area contributed by atoms with Crippen molar-refractivity contribution >= 4 is 5.84 Å². The van der Waals surface area contributed by atoms with Crippen molar-refractivity contribution in [2.45, 2.75) is 33.6 Å². The first-order chi connectivity index (χ1) is 16.1. The molecule has 0 saturated carbocycles. The van der Waals surface area contributed by atoms with Crippen molar-refractivity contribution in [2.24, 2.45) is 5.10 Å². The van der Waals surface area contributed by atoms with Gasteiger partial charge in [0.15, 0.2) is 5.84 Å². The maximum Gasteiger partial charge on any atom is 0.170 e. The second-order valence-corrected chi connectivity index (χ2v) is 8.20. The number of hydrogen-bond acceptors (Lipinski definition) is 5. The van der Waals surface area contributed by atoms with Gasteiger partial charge in [-0.25, -0.2) is 10.5 Å². The van der Waals surface area contributed by atoms with Gasteiger partial charge in [0.1, 0.15) is 0 Å². The van der Waals surface area contributed by atoms with Gasteiger partial charge in [0, 0.05) is 23.6 Å². The van der Waals surface area contributed by atoms with Crippen LogP contribution in [0.4, 0.5) is 0 Å². The Bertz CT molecular complexity index is 1190. The summed E-state index contributed by atoms with van der Waals surface area (Å²) in [5.41, 5.74) is 17.1. The number of nitrogens with zero attached hydrogens (tertiary/aromatic N) is 3. The first-order valence-electron chi connectivity index (χ1n) is 11.2. The fraction of sp³-hybridized carbons (Fsp3) is 0.185. The van der Waals surface area contributed by atoms with Gasteiger partial charge in [-0.1, -0.05) is 54.1 Å². The maximum absolute atomic E-state index is 4.27. The van der Waals surface area contributed by atoms with Crippen LogP contribution in [-0.4, -0.2) is 15.4 Å². The van der Waals surface area contributed by atoms with Gasteiger partial charge < -0.3 is 4.57 Å². The van der Waals surface area contributed by atoms with Crippen molar-refractivity contribution in [2.75, 3.05) is 0 Å². The molecule has 33 heavy (non-hydrogen) atoms. The van der Waals surface area contributed by atoms with E-state index in [1.54, 1.807) is 6.20 Å². The van der Waals surface area contributed by atoms with Crippen molar-refractivity contribution in [3.8, 4) is 16.8 Å². The number of allylic oxidation sites excluding steroid dienone is 6. The molecular weight excluding hydrogens is 408 g/mol. The fourth-order valence-electron chi connectivity index (χ4n) is 3.78. The molecule has 1 aromatic heterocycles. The molecule has 4 rings (SSSR count). The van der Waals surface area contributed by atoms with Gasteiger partial charge >= 0.3 is 0 Å². The summed E-state index contributed by atoms with van der Waals surface area (Å²) >= 11 is 0. The van der Waals surface area contributed by atoms with Crippen molar-refractivity contribution < 1.29 is 0 Å². The molecule has 2 heterocycles. The first kappa shape index (κ1) is 22.3. The van der Waals surface area contributed by atoms with Gasteiger partial charge in [0.05, 0.1) is 6.33 Å². The zero-order valence-electron chi connectivity index (χ0n) is 19.3. The highest BCUT2D eigenvalue weighted by Gasteiger charge is 2.13. The molecular formula is C27H30N6. The van der Waals surface area contributed by atoms with E-state index >= 15 is 0 Å². The average molecular weight is 439 g/mol. The van der Waals surface area contributed by atoms with Gasteiger partial charge in [-0.05, 0) is 74.1 Å². The average Bonchev–Trinajstić information content (AvgIpc) is 3.56. The van der Waals surface area contributed by atoms with E-state index < -0.39 is 0 Å². The predicted octanol–water partition coefficient (Wildman–Crippen LogP) is 5.21. The normalized spacial score (nSPS) is 13.5. The third-order valence-corrected chi connectivity index (χ3v) is 5.46.